The molecule has 1 fully saturated rings. The molecule has 5 N–H and O–H groups in total. The average molecular weight is 491 g/mol. The second-order valence-corrected chi connectivity index (χ2v) is 9.04. The van der Waals surface area contributed by atoms with Crippen molar-refractivity contribution in [3.8, 4) is 16.9 Å². The number of amides is 1. The summed E-state index contributed by atoms with van der Waals surface area (Å²) in [6.45, 7) is 1.46. The molecular weight excluding hydrogens is 456 g/mol. The standard InChI is InChI=1S/C29H32N2O4.H2O/c30-19-22-8-10-23(11-9-22)24-12-14-27(15-13-24)35-20-26-17-25(18-28(32)33)29(34)31(26)16-4-7-21-5-2-1-3-6-21;/h1-3,5-6,8-15,25-26H,4,7,16-20,30H2,(H,32,33);1H2/t25-,26-;/m0./s1. The number of nitrogens with zero attached hydrogens (tertiary/aromatic N) is 1. The molecule has 4 rings (SSSR count). The summed E-state index contributed by atoms with van der Waals surface area (Å²) in [5, 5.41) is 9.24. The molecule has 190 valence electrons. The minimum atomic E-state index is -0.941. The molecule has 0 spiro atoms. The molecule has 3 aromatic carbocycles. The van der Waals surface area contributed by atoms with Gasteiger partial charge in [-0.25, -0.2) is 0 Å². The molecule has 1 amide bonds. The molecule has 7 heteroatoms. The van der Waals surface area contributed by atoms with Crippen molar-refractivity contribution in [1.29, 1.82) is 0 Å². The molecular formula is C29H34N2O5. The number of aryl methyl sites for hydroxylation is 1. The zero-order valence-corrected chi connectivity index (χ0v) is 20.3. The molecule has 0 unspecified atom stereocenters. The van der Waals surface area contributed by atoms with Crippen LogP contribution in [0.2, 0.25) is 0 Å². The molecule has 1 saturated heterocycles. The zero-order chi connectivity index (χ0) is 24.6. The number of ether oxygens (including phenoxy) is 1. The Kier molecular flexibility index (Phi) is 9.61. The van der Waals surface area contributed by atoms with E-state index in [4.69, 9.17) is 10.5 Å². The van der Waals surface area contributed by atoms with E-state index in [1.165, 1.54) is 5.56 Å². The third kappa shape index (κ3) is 6.93. The van der Waals surface area contributed by atoms with Crippen molar-refractivity contribution >= 4 is 11.9 Å². The number of benzene rings is 3. The van der Waals surface area contributed by atoms with Crippen molar-refractivity contribution in [3.63, 3.8) is 0 Å². The van der Waals surface area contributed by atoms with Gasteiger partial charge < -0.3 is 26.0 Å². The number of hydrogen-bond donors (Lipinski definition) is 2. The predicted molar refractivity (Wildman–Crippen MR) is 140 cm³/mol. The van der Waals surface area contributed by atoms with Crippen LogP contribution in [-0.2, 0) is 22.6 Å². The number of carbonyl (C=O) groups excluding carboxylic acids is 1. The first-order chi connectivity index (χ1) is 17.0. The van der Waals surface area contributed by atoms with Gasteiger partial charge in [0.25, 0.3) is 0 Å². The van der Waals surface area contributed by atoms with Gasteiger partial charge in [-0.3, -0.25) is 9.59 Å². The second-order valence-electron chi connectivity index (χ2n) is 9.04. The first-order valence-electron chi connectivity index (χ1n) is 12.1. The molecule has 1 aliphatic rings. The fourth-order valence-electron chi connectivity index (χ4n) is 4.67. The number of aliphatic carboxylic acids is 1. The van der Waals surface area contributed by atoms with Gasteiger partial charge >= 0.3 is 5.97 Å². The Balaban J connectivity index is 0.00000361. The van der Waals surface area contributed by atoms with Gasteiger partial charge in [-0.05, 0) is 53.6 Å². The second kappa shape index (κ2) is 12.9. The van der Waals surface area contributed by atoms with E-state index in [0.717, 1.165) is 35.3 Å². The summed E-state index contributed by atoms with van der Waals surface area (Å²) in [6.07, 6.45) is 2.06. The molecule has 36 heavy (non-hydrogen) atoms. The van der Waals surface area contributed by atoms with Crippen LogP contribution < -0.4 is 10.5 Å². The first-order valence-corrected chi connectivity index (χ1v) is 12.1. The van der Waals surface area contributed by atoms with E-state index in [1.807, 2.05) is 59.5 Å². The van der Waals surface area contributed by atoms with E-state index in [1.54, 1.807) is 0 Å². The number of carboxylic acids is 1. The minimum absolute atomic E-state index is 0. The van der Waals surface area contributed by atoms with E-state index >= 15 is 0 Å². The van der Waals surface area contributed by atoms with Gasteiger partial charge in [-0.1, -0.05) is 66.7 Å². The molecule has 2 atom stereocenters. The van der Waals surface area contributed by atoms with Gasteiger partial charge in [0.15, 0.2) is 0 Å². The Morgan fingerprint density at radius 3 is 2.19 bits per heavy atom. The zero-order valence-electron chi connectivity index (χ0n) is 20.3. The van der Waals surface area contributed by atoms with Crippen LogP contribution in [0.15, 0.2) is 78.9 Å². The smallest absolute Gasteiger partial charge is 0.304 e. The Morgan fingerprint density at radius 1 is 0.944 bits per heavy atom. The largest absolute Gasteiger partial charge is 0.491 e. The van der Waals surface area contributed by atoms with Crippen LogP contribution >= 0.6 is 0 Å². The van der Waals surface area contributed by atoms with Crippen LogP contribution in [0.25, 0.3) is 11.1 Å². The summed E-state index contributed by atoms with van der Waals surface area (Å²) in [5.74, 6) is -0.781. The molecule has 1 heterocycles. The maximum absolute atomic E-state index is 13.0. The highest BCUT2D eigenvalue weighted by molar-refractivity contribution is 5.85. The fourth-order valence-corrected chi connectivity index (χ4v) is 4.67. The van der Waals surface area contributed by atoms with Gasteiger partial charge in [-0.2, -0.15) is 0 Å². The van der Waals surface area contributed by atoms with E-state index in [0.29, 0.717) is 26.1 Å². The summed E-state index contributed by atoms with van der Waals surface area (Å²) < 4.78 is 6.06. The van der Waals surface area contributed by atoms with Gasteiger partial charge in [0.1, 0.15) is 12.4 Å². The third-order valence-electron chi connectivity index (χ3n) is 6.58. The lowest BCUT2D eigenvalue weighted by Crippen LogP contribution is -2.38. The Bertz CT molecular complexity index is 1120. The highest BCUT2D eigenvalue weighted by Crippen LogP contribution is 2.29. The van der Waals surface area contributed by atoms with Crippen LogP contribution in [0, 0.1) is 5.92 Å². The molecule has 7 nitrogen and oxygen atoms in total. The summed E-state index contributed by atoms with van der Waals surface area (Å²) in [5.41, 5.74) is 10.2. The van der Waals surface area contributed by atoms with E-state index in [2.05, 4.69) is 24.3 Å². The number of carbonyl (C=O) groups is 2. The molecule has 0 bridgehead atoms. The SMILES string of the molecule is NCc1ccc(-c2ccc(OC[C@@H]3C[C@@H](CC(=O)O)C(=O)N3CCCc3ccccc3)cc2)cc1.O. The normalized spacial score (nSPS) is 17.0. The fraction of sp³-hybridized carbons (Fsp3) is 0.310. The lowest BCUT2D eigenvalue weighted by Gasteiger charge is -2.25. The predicted octanol–water partition coefficient (Wildman–Crippen LogP) is 3.69. The van der Waals surface area contributed by atoms with Crippen LogP contribution in [0.1, 0.15) is 30.4 Å². The van der Waals surface area contributed by atoms with E-state index < -0.39 is 11.9 Å². The van der Waals surface area contributed by atoms with Crippen LogP contribution in [0.3, 0.4) is 0 Å². The maximum Gasteiger partial charge on any atom is 0.304 e. The lowest BCUT2D eigenvalue weighted by molar-refractivity contribution is -0.142. The number of rotatable bonds is 11. The van der Waals surface area contributed by atoms with Crippen LogP contribution in [-0.4, -0.2) is 46.6 Å². The van der Waals surface area contributed by atoms with Gasteiger partial charge in [0, 0.05) is 13.1 Å². The molecule has 0 radical (unpaired) electrons. The quantitative estimate of drug-likeness (QED) is 0.424. The number of hydrogen-bond acceptors (Lipinski definition) is 4. The third-order valence-corrected chi connectivity index (χ3v) is 6.58. The maximum atomic E-state index is 13.0. The molecule has 3 aromatic rings. The van der Waals surface area contributed by atoms with Crippen molar-refractivity contribution in [2.24, 2.45) is 11.7 Å². The van der Waals surface area contributed by atoms with Gasteiger partial charge in [0.2, 0.25) is 5.91 Å². The lowest BCUT2D eigenvalue weighted by atomic mass is 10.0. The Labute approximate surface area is 211 Å². The Hall–Kier alpha value is -3.68. The number of nitrogens with two attached hydrogens (primary N) is 1. The average Bonchev–Trinajstić information content (AvgIpc) is 3.17. The van der Waals surface area contributed by atoms with Crippen LogP contribution in [0.4, 0.5) is 0 Å². The number of likely N-dealkylation sites (tertiary alicyclic amines) is 1. The topological polar surface area (TPSA) is 124 Å². The summed E-state index contributed by atoms with van der Waals surface area (Å²) in [6, 6.07) is 26.1. The van der Waals surface area contributed by atoms with Crippen LogP contribution in [0.5, 0.6) is 5.75 Å². The van der Waals surface area contributed by atoms with Crippen molar-refractivity contribution in [2.75, 3.05) is 13.2 Å². The molecule has 0 saturated carbocycles. The molecule has 0 aromatic heterocycles. The van der Waals surface area contributed by atoms with Crippen molar-refractivity contribution in [2.45, 2.75) is 38.3 Å². The minimum Gasteiger partial charge on any atom is -0.491 e. The van der Waals surface area contributed by atoms with E-state index in [9.17, 15) is 14.7 Å². The summed E-state index contributed by atoms with van der Waals surface area (Å²) in [4.78, 5) is 26.0. The molecule has 1 aliphatic heterocycles. The van der Waals surface area contributed by atoms with Crippen molar-refractivity contribution < 1.29 is 24.9 Å². The monoisotopic (exact) mass is 490 g/mol. The molecule has 0 aliphatic carbocycles. The highest BCUT2D eigenvalue weighted by atomic mass is 16.5. The summed E-state index contributed by atoms with van der Waals surface area (Å²) >= 11 is 0. The van der Waals surface area contributed by atoms with Gasteiger partial charge in [-0.15, -0.1) is 0 Å². The highest BCUT2D eigenvalue weighted by Gasteiger charge is 2.40. The van der Waals surface area contributed by atoms with Crippen molar-refractivity contribution in [3.05, 3.63) is 90.0 Å². The first kappa shape index (κ1) is 26.9. The van der Waals surface area contributed by atoms with Crippen molar-refractivity contribution in [1.82, 2.24) is 4.90 Å². The van der Waals surface area contributed by atoms with Gasteiger partial charge in [0.05, 0.1) is 18.4 Å². The summed E-state index contributed by atoms with van der Waals surface area (Å²) in [7, 11) is 0. The van der Waals surface area contributed by atoms with E-state index in [-0.39, 0.29) is 23.8 Å². The Morgan fingerprint density at radius 2 is 1.58 bits per heavy atom. The number of carboxylic acid groups (broad SMARTS) is 1.